The van der Waals surface area contributed by atoms with Crippen LogP contribution >= 0.6 is 23.2 Å². The Bertz CT molecular complexity index is 432. The van der Waals surface area contributed by atoms with E-state index < -0.39 is 11.9 Å². The molecule has 1 aliphatic carbocycles. The van der Waals surface area contributed by atoms with E-state index in [4.69, 9.17) is 23.2 Å². The van der Waals surface area contributed by atoms with Crippen LogP contribution in [-0.4, -0.2) is 5.11 Å². The number of rotatable bonds is 2. The second kappa shape index (κ2) is 4.17. The summed E-state index contributed by atoms with van der Waals surface area (Å²) in [5.74, 6) is 0.272. The summed E-state index contributed by atoms with van der Waals surface area (Å²) in [6.45, 7) is 3.58. The third-order valence-electron chi connectivity index (χ3n) is 3.15. The van der Waals surface area contributed by atoms with Crippen LogP contribution in [0.1, 0.15) is 43.4 Å². The Labute approximate surface area is 104 Å². The molecule has 3 atom stereocenters. The van der Waals surface area contributed by atoms with E-state index in [1.54, 1.807) is 6.07 Å². The normalized spacial score (nSPS) is 25.6. The summed E-state index contributed by atoms with van der Waals surface area (Å²) in [6.07, 6.45) is 0.109. The summed E-state index contributed by atoms with van der Waals surface area (Å²) in [4.78, 5) is 0. The van der Waals surface area contributed by atoms with Crippen molar-refractivity contribution in [2.75, 3.05) is 0 Å². The molecule has 0 aliphatic heterocycles. The third-order valence-corrected chi connectivity index (χ3v) is 3.83. The Morgan fingerprint density at radius 1 is 1.50 bits per heavy atom. The van der Waals surface area contributed by atoms with Crippen molar-refractivity contribution in [1.82, 2.24) is 0 Å². The lowest BCUT2D eigenvalue weighted by Gasteiger charge is -2.13. The topological polar surface area (TPSA) is 20.2 Å². The molecule has 2 rings (SSSR count). The molecule has 0 amide bonds. The van der Waals surface area contributed by atoms with Gasteiger partial charge in [-0.15, -0.1) is 0 Å². The number of hydrogen-bond donors (Lipinski definition) is 1. The van der Waals surface area contributed by atoms with Gasteiger partial charge in [0.2, 0.25) is 0 Å². The van der Waals surface area contributed by atoms with Gasteiger partial charge in [0.25, 0.3) is 0 Å². The second-order valence-electron chi connectivity index (χ2n) is 4.48. The number of hydrogen-bond acceptors (Lipinski definition) is 1. The SMILES string of the molecule is CC(O)c1c(Cl)cc([C@H]2CC2C)c(F)c1Cl. The van der Waals surface area contributed by atoms with Gasteiger partial charge in [0.15, 0.2) is 0 Å². The summed E-state index contributed by atoms with van der Waals surface area (Å²) >= 11 is 11.9. The molecule has 0 radical (unpaired) electrons. The molecule has 0 saturated heterocycles. The monoisotopic (exact) mass is 262 g/mol. The van der Waals surface area contributed by atoms with Crippen molar-refractivity contribution in [2.24, 2.45) is 5.92 Å². The van der Waals surface area contributed by atoms with Crippen molar-refractivity contribution < 1.29 is 9.50 Å². The quantitative estimate of drug-likeness (QED) is 0.788. The molecule has 1 aromatic carbocycles. The molecular formula is C12H13Cl2FO. The van der Waals surface area contributed by atoms with Crippen LogP contribution in [0.2, 0.25) is 10.0 Å². The summed E-state index contributed by atoms with van der Waals surface area (Å²) in [5.41, 5.74) is 0.852. The van der Waals surface area contributed by atoms with Crippen molar-refractivity contribution in [3.63, 3.8) is 0 Å². The minimum Gasteiger partial charge on any atom is -0.389 e. The van der Waals surface area contributed by atoms with E-state index in [1.807, 2.05) is 0 Å². The van der Waals surface area contributed by atoms with Gasteiger partial charge >= 0.3 is 0 Å². The average molecular weight is 263 g/mol. The Morgan fingerprint density at radius 2 is 2.06 bits per heavy atom. The van der Waals surface area contributed by atoms with Crippen LogP contribution < -0.4 is 0 Å². The van der Waals surface area contributed by atoms with Crippen molar-refractivity contribution in [2.45, 2.75) is 32.3 Å². The summed E-state index contributed by atoms with van der Waals surface area (Å²) in [7, 11) is 0. The molecular weight excluding hydrogens is 250 g/mol. The van der Waals surface area contributed by atoms with Gasteiger partial charge in [-0.3, -0.25) is 0 Å². The largest absolute Gasteiger partial charge is 0.389 e. The van der Waals surface area contributed by atoms with Gasteiger partial charge in [0.05, 0.1) is 11.1 Å². The summed E-state index contributed by atoms with van der Waals surface area (Å²) in [6, 6.07) is 1.60. The molecule has 0 bridgehead atoms. The van der Waals surface area contributed by atoms with Crippen molar-refractivity contribution in [3.8, 4) is 0 Å². The van der Waals surface area contributed by atoms with Crippen molar-refractivity contribution >= 4 is 23.2 Å². The van der Waals surface area contributed by atoms with Gasteiger partial charge < -0.3 is 5.11 Å². The van der Waals surface area contributed by atoms with Crippen LogP contribution in [0.15, 0.2) is 6.07 Å². The maximum absolute atomic E-state index is 14.0. The first kappa shape index (κ1) is 12.2. The van der Waals surface area contributed by atoms with Crippen LogP contribution in [0.4, 0.5) is 4.39 Å². The predicted octanol–water partition coefficient (Wildman–Crippen LogP) is 4.31. The van der Waals surface area contributed by atoms with Gasteiger partial charge in [0, 0.05) is 10.6 Å². The van der Waals surface area contributed by atoms with Crippen LogP contribution in [0.5, 0.6) is 0 Å². The van der Waals surface area contributed by atoms with Crippen LogP contribution in [-0.2, 0) is 0 Å². The Morgan fingerprint density at radius 3 is 2.50 bits per heavy atom. The molecule has 88 valence electrons. The van der Waals surface area contributed by atoms with Gasteiger partial charge in [-0.05, 0) is 36.8 Å². The molecule has 1 nitrogen and oxygen atoms in total. The number of benzene rings is 1. The van der Waals surface area contributed by atoms with Gasteiger partial charge in [-0.25, -0.2) is 4.39 Å². The average Bonchev–Trinajstić information content (AvgIpc) is 2.88. The smallest absolute Gasteiger partial charge is 0.145 e. The van der Waals surface area contributed by atoms with Gasteiger partial charge in [-0.2, -0.15) is 0 Å². The molecule has 1 N–H and O–H groups in total. The number of halogens is 3. The minimum atomic E-state index is -0.861. The lowest BCUT2D eigenvalue weighted by atomic mass is 10.0. The molecule has 0 aromatic heterocycles. The van der Waals surface area contributed by atoms with Crippen molar-refractivity contribution in [3.05, 3.63) is 33.1 Å². The first-order valence-electron chi connectivity index (χ1n) is 5.28. The van der Waals surface area contributed by atoms with Crippen LogP contribution in [0.3, 0.4) is 0 Å². The first-order valence-corrected chi connectivity index (χ1v) is 6.04. The fraction of sp³-hybridized carbons (Fsp3) is 0.500. The second-order valence-corrected chi connectivity index (χ2v) is 5.27. The highest BCUT2D eigenvalue weighted by Crippen LogP contribution is 2.50. The van der Waals surface area contributed by atoms with E-state index in [0.29, 0.717) is 16.5 Å². The Kier molecular flexibility index (Phi) is 3.17. The standard InChI is InChI=1S/C12H13Cl2FO/c1-5-3-7(5)8-4-9(13)10(6(2)16)11(14)12(8)15/h4-7,16H,3H2,1-2H3/t5?,6?,7-/m0/s1. The molecule has 1 fully saturated rings. The number of aliphatic hydroxyl groups excluding tert-OH is 1. The lowest BCUT2D eigenvalue weighted by molar-refractivity contribution is 0.199. The molecule has 2 unspecified atom stereocenters. The van der Waals surface area contributed by atoms with Crippen molar-refractivity contribution in [1.29, 1.82) is 0 Å². The zero-order valence-electron chi connectivity index (χ0n) is 9.10. The minimum absolute atomic E-state index is 0.0448. The maximum Gasteiger partial charge on any atom is 0.145 e. The maximum atomic E-state index is 14.0. The molecule has 1 aromatic rings. The van der Waals surface area contributed by atoms with Crippen LogP contribution in [0.25, 0.3) is 0 Å². The number of aliphatic hydroxyl groups is 1. The molecule has 4 heteroatoms. The zero-order valence-corrected chi connectivity index (χ0v) is 10.6. The third kappa shape index (κ3) is 1.94. The zero-order chi connectivity index (χ0) is 12.0. The van der Waals surface area contributed by atoms with Gasteiger partial charge in [0.1, 0.15) is 5.82 Å². The van der Waals surface area contributed by atoms with Crippen LogP contribution in [0, 0.1) is 11.7 Å². The molecule has 16 heavy (non-hydrogen) atoms. The molecule has 1 aliphatic rings. The first-order chi connectivity index (χ1) is 7.43. The Balaban J connectivity index is 2.52. The fourth-order valence-corrected chi connectivity index (χ4v) is 2.82. The van der Waals surface area contributed by atoms with E-state index in [2.05, 4.69) is 6.92 Å². The molecule has 1 saturated carbocycles. The Hall–Kier alpha value is -0.310. The highest BCUT2D eigenvalue weighted by Gasteiger charge is 2.37. The molecule has 0 heterocycles. The summed E-state index contributed by atoms with van der Waals surface area (Å²) < 4.78 is 14.0. The van der Waals surface area contributed by atoms with E-state index in [9.17, 15) is 9.50 Å². The predicted molar refractivity (Wildman–Crippen MR) is 63.6 cm³/mol. The highest BCUT2D eigenvalue weighted by atomic mass is 35.5. The molecule has 0 spiro atoms. The van der Waals surface area contributed by atoms with E-state index in [0.717, 1.165) is 6.42 Å². The summed E-state index contributed by atoms with van der Waals surface area (Å²) in [5, 5.41) is 9.77. The van der Waals surface area contributed by atoms with Gasteiger partial charge in [-0.1, -0.05) is 30.1 Å². The lowest BCUT2D eigenvalue weighted by Crippen LogP contribution is -2.00. The van der Waals surface area contributed by atoms with E-state index in [-0.39, 0.29) is 16.5 Å². The van der Waals surface area contributed by atoms with E-state index >= 15 is 0 Å². The van der Waals surface area contributed by atoms with E-state index in [1.165, 1.54) is 6.92 Å². The highest BCUT2D eigenvalue weighted by molar-refractivity contribution is 6.36. The fourth-order valence-electron chi connectivity index (χ4n) is 2.04.